The normalized spacial score (nSPS) is 19.7. The number of phenols is 1. The summed E-state index contributed by atoms with van der Waals surface area (Å²) in [4.78, 5) is 0. The number of aromatic hydroxyl groups is 1. The highest BCUT2D eigenvalue weighted by molar-refractivity contribution is 5.67. The van der Waals surface area contributed by atoms with Gasteiger partial charge in [-0.05, 0) is 88.8 Å². The average molecular weight is 342 g/mol. The fourth-order valence-corrected chi connectivity index (χ4v) is 3.02. The number of fused-ring (bicyclic) bond motifs is 1. The standard InChI is InChI=1S/C22H30O3/c1-15(2)7-6-8-17(4)19(23)10-12-22(5)11-9-18-20(24)13-16(3)14-21(18)25-22/h7,9,11,13-14,19,23-24H,4,6,8,10,12H2,1-3,5H3/t19?,22-/m0/s1. The van der Waals surface area contributed by atoms with E-state index in [0.29, 0.717) is 18.6 Å². The summed E-state index contributed by atoms with van der Waals surface area (Å²) in [7, 11) is 0. The van der Waals surface area contributed by atoms with Gasteiger partial charge in [-0.3, -0.25) is 0 Å². The van der Waals surface area contributed by atoms with Crippen LogP contribution in [0.15, 0.2) is 42.0 Å². The van der Waals surface area contributed by atoms with E-state index in [4.69, 9.17) is 4.74 Å². The molecule has 0 saturated heterocycles. The number of aliphatic hydroxyl groups is 1. The lowest BCUT2D eigenvalue weighted by molar-refractivity contribution is 0.100. The van der Waals surface area contributed by atoms with E-state index >= 15 is 0 Å². The predicted octanol–water partition coefficient (Wildman–Crippen LogP) is 5.31. The van der Waals surface area contributed by atoms with Crippen molar-refractivity contribution in [1.29, 1.82) is 0 Å². The van der Waals surface area contributed by atoms with Crippen molar-refractivity contribution < 1.29 is 14.9 Å². The van der Waals surface area contributed by atoms with E-state index < -0.39 is 11.7 Å². The predicted molar refractivity (Wildman–Crippen MR) is 104 cm³/mol. The van der Waals surface area contributed by atoms with Crippen LogP contribution in [0.25, 0.3) is 6.08 Å². The Kier molecular flexibility index (Phi) is 6.12. The van der Waals surface area contributed by atoms with Crippen LogP contribution >= 0.6 is 0 Å². The van der Waals surface area contributed by atoms with E-state index in [1.165, 1.54) is 5.57 Å². The summed E-state index contributed by atoms with van der Waals surface area (Å²) in [5.74, 6) is 0.931. The summed E-state index contributed by atoms with van der Waals surface area (Å²) in [6, 6.07) is 3.67. The third-order valence-corrected chi connectivity index (χ3v) is 4.61. The SMILES string of the molecule is C=C(CCC=C(C)C)C(O)CC[C@]1(C)C=Cc2c(O)cc(C)cc2O1. The van der Waals surface area contributed by atoms with Crippen LogP contribution in [-0.4, -0.2) is 21.9 Å². The number of hydrogen-bond acceptors (Lipinski definition) is 3. The molecule has 1 aliphatic rings. The Bertz CT molecular complexity index is 695. The Morgan fingerprint density at radius 1 is 1.36 bits per heavy atom. The average Bonchev–Trinajstić information content (AvgIpc) is 2.51. The summed E-state index contributed by atoms with van der Waals surface area (Å²) in [6.07, 6.45) is 8.51. The highest BCUT2D eigenvalue weighted by Gasteiger charge is 2.29. The molecule has 0 amide bonds. The lowest BCUT2D eigenvalue weighted by Crippen LogP contribution is -2.33. The zero-order valence-corrected chi connectivity index (χ0v) is 15.8. The first-order chi connectivity index (χ1) is 11.7. The number of aliphatic hydroxyl groups excluding tert-OH is 1. The molecule has 0 radical (unpaired) electrons. The highest BCUT2D eigenvalue weighted by Crippen LogP contribution is 2.39. The molecule has 2 atom stereocenters. The molecule has 1 aliphatic heterocycles. The monoisotopic (exact) mass is 342 g/mol. The van der Waals surface area contributed by atoms with Crippen LogP contribution < -0.4 is 4.74 Å². The molecule has 1 unspecified atom stereocenters. The number of allylic oxidation sites excluding steroid dienone is 2. The van der Waals surface area contributed by atoms with Gasteiger partial charge < -0.3 is 14.9 Å². The van der Waals surface area contributed by atoms with Crippen LogP contribution in [0.5, 0.6) is 11.5 Å². The van der Waals surface area contributed by atoms with Gasteiger partial charge in [0, 0.05) is 0 Å². The number of ether oxygens (including phenoxy) is 1. The maximum absolute atomic E-state index is 10.4. The second-order valence-corrected chi connectivity index (χ2v) is 7.48. The van der Waals surface area contributed by atoms with E-state index in [0.717, 1.165) is 29.5 Å². The third-order valence-electron chi connectivity index (χ3n) is 4.61. The lowest BCUT2D eigenvalue weighted by Gasteiger charge is -2.33. The number of aryl methyl sites for hydroxylation is 1. The van der Waals surface area contributed by atoms with Gasteiger partial charge in [-0.1, -0.05) is 18.2 Å². The molecule has 1 aromatic rings. The van der Waals surface area contributed by atoms with Crippen LogP contribution in [0, 0.1) is 6.92 Å². The van der Waals surface area contributed by atoms with Gasteiger partial charge in [-0.2, -0.15) is 0 Å². The van der Waals surface area contributed by atoms with Crippen molar-refractivity contribution in [2.45, 2.75) is 65.1 Å². The number of benzene rings is 1. The molecule has 2 rings (SSSR count). The minimum atomic E-state index is -0.522. The van der Waals surface area contributed by atoms with Gasteiger partial charge >= 0.3 is 0 Å². The summed E-state index contributed by atoms with van der Waals surface area (Å²) < 4.78 is 6.13. The number of hydrogen-bond donors (Lipinski definition) is 2. The van der Waals surface area contributed by atoms with Crippen molar-refractivity contribution in [3.8, 4) is 11.5 Å². The fourth-order valence-electron chi connectivity index (χ4n) is 3.02. The molecule has 2 N–H and O–H groups in total. The lowest BCUT2D eigenvalue weighted by atomic mass is 9.91. The summed E-state index contributed by atoms with van der Waals surface area (Å²) in [6.45, 7) is 12.1. The molecule has 0 aliphatic carbocycles. The first-order valence-electron chi connectivity index (χ1n) is 8.91. The molecule has 0 bridgehead atoms. The minimum Gasteiger partial charge on any atom is -0.507 e. The van der Waals surface area contributed by atoms with Crippen molar-refractivity contribution in [2.24, 2.45) is 0 Å². The molecule has 0 spiro atoms. The van der Waals surface area contributed by atoms with Gasteiger partial charge in [-0.15, -0.1) is 0 Å². The molecule has 25 heavy (non-hydrogen) atoms. The first-order valence-corrected chi connectivity index (χ1v) is 8.91. The second kappa shape index (κ2) is 7.92. The molecule has 0 saturated carbocycles. The quantitative estimate of drug-likeness (QED) is 0.660. The minimum absolute atomic E-state index is 0.237. The van der Waals surface area contributed by atoms with Crippen molar-refractivity contribution in [2.75, 3.05) is 0 Å². The smallest absolute Gasteiger partial charge is 0.131 e. The van der Waals surface area contributed by atoms with Crippen LogP contribution in [-0.2, 0) is 0 Å². The van der Waals surface area contributed by atoms with Gasteiger partial charge in [0.1, 0.15) is 17.1 Å². The molecule has 1 aromatic carbocycles. The zero-order chi connectivity index (χ0) is 18.6. The Morgan fingerprint density at radius 3 is 2.76 bits per heavy atom. The first kappa shape index (κ1) is 19.3. The second-order valence-electron chi connectivity index (χ2n) is 7.48. The third kappa shape index (κ3) is 5.23. The Morgan fingerprint density at radius 2 is 2.08 bits per heavy atom. The van der Waals surface area contributed by atoms with Crippen LogP contribution in [0.3, 0.4) is 0 Å². The van der Waals surface area contributed by atoms with Gasteiger partial charge in [0.15, 0.2) is 0 Å². The van der Waals surface area contributed by atoms with Gasteiger partial charge in [0.05, 0.1) is 11.7 Å². The Hall–Kier alpha value is -2.00. The van der Waals surface area contributed by atoms with Crippen LogP contribution in [0.4, 0.5) is 0 Å². The van der Waals surface area contributed by atoms with E-state index in [2.05, 4.69) is 26.5 Å². The molecular weight excluding hydrogens is 312 g/mol. The van der Waals surface area contributed by atoms with Gasteiger partial charge in [0.2, 0.25) is 0 Å². The highest BCUT2D eigenvalue weighted by atomic mass is 16.5. The van der Waals surface area contributed by atoms with Crippen LogP contribution in [0.1, 0.15) is 57.6 Å². The van der Waals surface area contributed by atoms with Gasteiger partial charge in [-0.25, -0.2) is 0 Å². The molecule has 0 aromatic heterocycles. The number of phenolic OH excluding ortho intramolecular Hbond substituents is 1. The van der Waals surface area contributed by atoms with E-state index in [-0.39, 0.29) is 5.75 Å². The van der Waals surface area contributed by atoms with E-state index in [1.807, 2.05) is 32.1 Å². The Balaban J connectivity index is 1.95. The van der Waals surface area contributed by atoms with E-state index in [9.17, 15) is 10.2 Å². The van der Waals surface area contributed by atoms with Crippen molar-refractivity contribution in [3.63, 3.8) is 0 Å². The van der Waals surface area contributed by atoms with Crippen LogP contribution in [0.2, 0.25) is 0 Å². The number of rotatable bonds is 7. The summed E-state index contributed by atoms with van der Waals surface area (Å²) in [5, 5.41) is 20.4. The topological polar surface area (TPSA) is 49.7 Å². The molecule has 3 heteroatoms. The molecule has 3 nitrogen and oxygen atoms in total. The fraction of sp³-hybridized carbons (Fsp3) is 0.455. The van der Waals surface area contributed by atoms with Crippen molar-refractivity contribution in [3.05, 3.63) is 53.1 Å². The molecule has 1 heterocycles. The summed E-state index contributed by atoms with van der Waals surface area (Å²) in [5.41, 5.74) is 3.34. The van der Waals surface area contributed by atoms with Crippen molar-refractivity contribution in [1.82, 2.24) is 0 Å². The summed E-state index contributed by atoms with van der Waals surface area (Å²) >= 11 is 0. The molecule has 136 valence electrons. The van der Waals surface area contributed by atoms with E-state index in [1.54, 1.807) is 6.07 Å². The molecule has 0 fully saturated rings. The zero-order valence-electron chi connectivity index (χ0n) is 15.8. The molecular formula is C22H30O3. The Labute approximate surface area is 151 Å². The maximum atomic E-state index is 10.4. The largest absolute Gasteiger partial charge is 0.507 e. The van der Waals surface area contributed by atoms with Crippen molar-refractivity contribution >= 4 is 6.08 Å². The maximum Gasteiger partial charge on any atom is 0.131 e. The van der Waals surface area contributed by atoms with Gasteiger partial charge in [0.25, 0.3) is 0 Å².